The lowest BCUT2D eigenvalue weighted by Crippen LogP contribution is -2.33. The van der Waals surface area contributed by atoms with E-state index in [1.807, 2.05) is 0 Å². The lowest BCUT2D eigenvalue weighted by Gasteiger charge is -2.21. The van der Waals surface area contributed by atoms with Crippen molar-refractivity contribution in [1.82, 2.24) is 15.0 Å². The number of hydrogen-bond donors (Lipinski definition) is 3. The molecule has 0 radical (unpaired) electrons. The van der Waals surface area contributed by atoms with Crippen LogP contribution in [0.3, 0.4) is 0 Å². The zero-order valence-corrected chi connectivity index (χ0v) is 10.5. The van der Waals surface area contributed by atoms with Crippen molar-refractivity contribution in [3.05, 3.63) is 0 Å². The fourth-order valence-corrected chi connectivity index (χ4v) is 2.15. The van der Waals surface area contributed by atoms with Gasteiger partial charge in [-0.1, -0.05) is 19.3 Å². The highest BCUT2D eigenvalue weighted by molar-refractivity contribution is 5.33. The number of rotatable bonds is 3. The summed E-state index contributed by atoms with van der Waals surface area (Å²) in [6.45, 7) is 0. The Morgan fingerprint density at radius 3 is 2.78 bits per heavy atom. The van der Waals surface area contributed by atoms with Gasteiger partial charge in [0.2, 0.25) is 11.9 Å². The molecule has 18 heavy (non-hydrogen) atoms. The molecule has 2 unspecified atom stereocenters. The molecule has 1 aromatic rings. The van der Waals surface area contributed by atoms with Crippen molar-refractivity contribution in [2.24, 2.45) is 0 Å². The van der Waals surface area contributed by atoms with Gasteiger partial charge in [-0.3, -0.25) is 0 Å². The first-order valence-electron chi connectivity index (χ1n) is 6.19. The molecule has 0 bridgehead atoms. The first kappa shape index (κ1) is 12.8. The summed E-state index contributed by atoms with van der Waals surface area (Å²) in [5.74, 6) is 0.456. The minimum Gasteiger partial charge on any atom is -0.467 e. The van der Waals surface area contributed by atoms with Gasteiger partial charge in [0.25, 0.3) is 0 Å². The predicted molar refractivity (Wildman–Crippen MR) is 67.3 cm³/mol. The zero-order valence-electron chi connectivity index (χ0n) is 10.5. The third kappa shape index (κ3) is 3.19. The summed E-state index contributed by atoms with van der Waals surface area (Å²) >= 11 is 0. The number of aliphatic hydroxyl groups excluding tert-OH is 1. The molecule has 0 aliphatic heterocycles. The van der Waals surface area contributed by atoms with E-state index in [1.165, 1.54) is 7.11 Å². The second-order valence-corrected chi connectivity index (χ2v) is 4.46. The van der Waals surface area contributed by atoms with Crippen LogP contribution in [0, 0.1) is 0 Å². The van der Waals surface area contributed by atoms with Crippen molar-refractivity contribution in [1.29, 1.82) is 0 Å². The Kier molecular flexibility index (Phi) is 4.14. The van der Waals surface area contributed by atoms with Crippen molar-refractivity contribution < 1.29 is 9.84 Å². The van der Waals surface area contributed by atoms with E-state index in [1.54, 1.807) is 0 Å². The van der Waals surface area contributed by atoms with Gasteiger partial charge in [0.1, 0.15) is 0 Å². The third-order valence-corrected chi connectivity index (χ3v) is 3.11. The van der Waals surface area contributed by atoms with Crippen molar-refractivity contribution in [3.63, 3.8) is 0 Å². The van der Waals surface area contributed by atoms with Crippen LogP contribution >= 0.6 is 0 Å². The monoisotopic (exact) mass is 253 g/mol. The highest BCUT2D eigenvalue weighted by atomic mass is 16.5. The van der Waals surface area contributed by atoms with Crippen LogP contribution in [0.25, 0.3) is 0 Å². The summed E-state index contributed by atoms with van der Waals surface area (Å²) in [4.78, 5) is 11.9. The number of anilines is 2. The number of nitrogen functional groups attached to an aromatic ring is 1. The smallest absolute Gasteiger partial charge is 0.322 e. The molecule has 0 spiro atoms. The van der Waals surface area contributed by atoms with Crippen molar-refractivity contribution >= 4 is 11.9 Å². The van der Waals surface area contributed by atoms with Gasteiger partial charge in [0, 0.05) is 0 Å². The van der Waals surface area contributed by atoms with Gasteiger partial charge in [-0.15, -0.1) is 0 Å². The third-order valence-electron chi connectivity index (χ3n) is 3.11. The molecule has 1 fully saturated rings. The normalized spacial score (nSPS) is 24.3. The molecule has 0 aromatic carbocycles. The molecule has 0 saturated heterocycles. The van der Waals surface area contributed by atoms with Crippen molar-refractivity contribution in [2.75, 3.05) is 18.2 Å². The van der Waals surface area contributed by atoms with Gasteiger partial charge in [0.15, 0.2) is 0 Å². The first-order chi connectivity index (χ1) is 8.69. The maximum atomic E-state index is 10.0. The van der Waals surface area contributed by atoms with Crippen molar-refractivity contribution in [3.8, 4) is 6.01 Å². The number of methoxy groups -OCH3 is 1. The van der Waals surface area contributed by atoms with E-state index in [0.717, 1.165) is 32.1 Å². The molecule has 1 aliphatic carbocycles. The van der Waals surface area contributed by atoms with Crippen LogP contribution in [0.5, 0.6) is 6.01 Å². The molecule has 1 aromatic heterocycles. The van der Waals surface area contributed by atoms with E-state index < -0.39 is 0 Å². The lowest BCUT2D eigenvalue weighted by molar-refractivity contribution is 0.144. The molecule has 7 heteroatoms. The standard InChI is InChI=1S/C11H19N5O2/c1-18-11-15-9(12)14-10(16-11)13-7-5-3-2-4-6-8(7)17/h7-8,17H,2-6H2,1H3,(H3,12,13,14,15,16). The van der Waals surface area contributed by atoms with E-state index in [4.69, 9.17) is 10.5 Å². The van der Waals surface area contributed by atoms with Crippen LogP contribution in [-0.2, 0) is 0 Å². The van der Waals surface area contributed by atoms with E-state index >= 15 is 0 Å². The molecule has 100 valence electrons. The molecule has 0 amide bonds. The van der Waals surface area contributed by atoms with E-state index in [-0.39, 0.29) is 24.1 Å². The molecule has 1 heterocycles. The van der Waals surface area contributed by atoms with Crippen LogP contribution in [0.1, 0.15) is 32.1 Å². The number of ether oxygens (including phenoxy) is 1. The maximum Gasteiger partial charge on any atom is 0.322 e. The highest BCUT2D eigenvalue weighted by Crippen LogP contribution is 2.21. The highest BCUT2D eigenvalue weighted by Gasteiger charge is 2.22. The van der Waals surface area contributed by atoms with Gasteiger partial charge in [-0.25, -0.2) is 0 Å². The summed E-state index contributed by atoms with van der Waals surface area (Å²) in [5.41, 5.74) is 5.56. The number of aliphatic hydroxyl groups is 1. The van der Waals surface area contributed by atoms with Crippen LogP contribution in [0.2, 0.25) is 0 Å². The Balaban J connectivity index is 2.09. The summed E-state index contributed by atoms with van der Waals surface area (Å²) in [7, 11) is 1.47. The molecule has 7 nitrogen and oxygen atoms in total. The van der Waals surface area contributed by atoms with Crippen molar-refractivity contribution in [2.45, 2.75) is 44.2 Å². The minimum absolute atomic E-state index is 0.0426. The minimum atomic E-state index is -0.378. The Morgan fingerprint density at radius 2 is 2.00 bits per heavy atom. The number of hydrogen-bond acceptors (Lipinski definition) is 7. The molecule has 1 saturated carbocycles. The molecule has 2 rings (SSSR count). The van der Waals surface area contributed by atoms with Crippen LogP contribution in [0.15, 0.2) is 0 Å². The summed E-state index contributed by atoms with van der Waals surface area (Å²) in [6, 6.07) is 0.132. The van der Waals surface area contributed by atoms with Gasteiger partial charge in [0.05, 0.1) is 19.3 Å². The first-order valence-corrected chi connectivity index (χ1v) is 6.19. The van der Waals surface area contributed by atoms with Crippen LogP contribution < -0.4 is 15.8 Å². The molecular weight excluding hydrogens is 234 g/mol. The van der Waals surface area contributed by atoms with Gasteiger partial charge in [-0.05, 0) is 12.8 Å². The topological polar surface area (TPSA) is 106 Å². The SMILES string of the molecule is COc1nc(N)nc(NC2CCCCCC2O)n1. The second kappa shape index (κ2) is 5.81. The Morgan fingerprint density at radius 1 is 1.22 bits per heavy atom. The Labute approximate surface area is 106 Å². The van der Waals surface area contributed by atoms with Gasteiger partial charge < -0.3 is 20.9 Å². The Hall–Kier alpha value is -1.63. The fourth-order valence-electron chi connectivity index (χ4n) is 2.15. The number of nitrogens with two attached hydrogens (primary N) is 1. The van der Waals surface area contributed by atoms with Crippen LogP contribution in [0.4, 0.5) is 11.9 Å². The zero-order chi connectivity index (χ0) is 13.0. The summed E-state index contributed by atoms with van der Waals surface area (Å²) < 4.78 is 4.93. The molecule has 4 N–H and O–H groups in total. The number of aromatic nitrogens is 3. The number of nitrogens with one attached hydrogen (secondary N) is 1. The Bertz CT molecular complexity index is 401. The summed E-state index contributed by atoms with van der Waals surface area (Å²) in [5, 5.41) is 13.1. The van der Waals surface area contributed by atoms with Gasteiger partial charge >= 0.3 is 6.01 Å². The predicted octanol–water partition coefficient (Wildman–Crippen LogP) is 0.568. The molecule has 1 aliphatic rings. The average Bonchev–Trinajstić information content (AvgIpc) is 2.54. The maximum absolute atomic E-state index is 10.0. The average molecular weight is 253 g/mol. The fraction of sp³-hybridized carbons (Fsp3) is 0.727. The largest absolute Gasteiger partial charge is 0.467 e. The van der Waals surface area contributed by atoms with Gasteiger partial charge in [-0.2, -0.15) is 15.0 Å². The number of nitrogens with zero attached hydrogens (tertiary/aromatic N) is 3. The lowest BCUT2D eigenvalue weighted by atomic mass is 10.1. The van der Waals surface area contributed by atoms with E-state index in [0.29, 0.717) is 5.95 Å². The summed E-state index contributed by atoms with van der Waals surface area (Å²) in [6.07, 6.45) is 4.62. The quantitative estimate of drug-likeness (QED) is 0.676. The van der Waals surface area contributed by atoms with Crippen LogP contribution in [-0.4, -0.2) is 39.3 Å². The molecular formula is C11H19N5O2. The van der Waals surface area contributed by atoms with E-state index in [9.17, 15) is 5.11 Å². The second-order valence-electron chi connectivity index (χ2n) is 4.46. The molecule has 2 atom stereocenters. The van der Waals surface area contributed by atoms with E-state index in [2.05, 4.69) is 20.3 Å².